The number of hydrogen-bond acceptors (Lipinski definition) is 3. The van der Waals surface area contributed by atoms with Gasteiger partial charge in [0.05, 0.1) is 23.0 Å². The Bertz CT molecular complexity index is 628. The molecule has 0 saturated carbocycles. The second-order valence-electron chi connectivity index (χ2n) is 4.85. The maximum absolute atomic E-state index is 14.3. The number of aryl methyl sites for hydroxylation is 1. The summed E-state index contributed by atoms with van der Waals surface area (Å²) in [5.41, 5.74) is 2.71. The largest absolute Gasteiger partial charge is 0.383 e. The lowest BCUT2D eigenvalue weighted by Crippen LogP contribution is -2.18. The molecule has 2 aromatic rings. The maximum atomic E-state index is 14.3. The Kier molecular flexibility index (Phi) is 5.33. The predicted molar refractivity (Wildman–Crippen MR) is 81.6 cm³/mol. The summed E-state index contributed by atoms with van der Waals surface area (Å²) in [5, 5.41) is 8.02. The van der Waals surface area contributed by atoms with Gasteiger partial charge in [-0.25, -0.2) is 9.07 Å². The minimum Gasteiger partial charge on any atom is -0.383 e. The summed E-state index contributed by atoms with van der Waals surface area (Å²) in [6.45, 7) is 5.58. The summed E-state index contributed by atoms with van der Waals surface area (Å²) in [7, 11) is 1.65. The molecular weight excluding hydrogens is 293 g/mol. The number of nitrogens with zero attached hydrogens (tertiary/aromatic N) is 2. The molecule has 0 spiro atoms. The summed E-state index contributed by atoms with van der Waals surface area (Å²) in [6.07, 6.45) is 0. The molecule has 0 fully saturated rings. The zero-order valence-corrected chi connectivity index (χ0v) is 13.2. The highest BCUT2D eigenvalue weighted by molar-refractivity contribution is 6.31. The molecule has 6 heteroatoms. The van der Waals surface area contributed by atoms with Gasteiger partial charge >= 0.3 is 0 Å². The van der Waals surface area contributed by atoms with E-state index in [1.165, 1.54) is 10.7 Å². The highest BCUT2D eigenvalue weighted by Crippen LogP contribution is 2.24. The van der Waals surface area contributed by atoms with Crippen molar-refractivity contribution in [2.24, 2.45) is 0 Å². The summed E-state index contributed by atoms with van der Waals surface area (Å²) in [5.74, 6) is -0.316. The predicted octanol–water partition coefficient (Wildman–Crippen LogP) is 3.02. The summed E-state index contributed by atoms with van der Waals surface area (Å²) in [4.78, 5) is 0. The Morgan fingerprint density at radius 3 is 2.71 bits per heavy atom. The van der Waals surface area contributed by atoms with Crippen LogP contribution in [0.4, 0.5) is 4.39 Å². The van der Waals surface area contributed by atoms with E-state index in [2.05, 4.69) is 10.4 Å². The molecule has 21 heavy (non-hydrogen) atoms. The number of ether oxygens (including phenoxy) is 1. The summed E-state index contributed by atoms with van der Waals surface area (Å²) < 4.78 is 20.8. The molecule has 114 valence electrons. The molecule has 0 unspecified atom stereocenters. The lowest BCUT2D eigenvalue weighted by molar-refractivity contribution is 0.199. The van der Waals surface area contributed by atoms with E-state index < -0.39 is 0 Å². The van der Waals surface area contributed by atoms with Crippen molar-refractivity contribution in [1.29, 1.82) is 0 Å². The standard InChI is InChI=1S/C15H19ClFN3O/c1-10-15(16)11(2)20(19-10)14-5-4-12(8-13(14)17)9-18-6-7-21-3/h4-5,8,18H,6-7,9H2,1-3H3. The number of nitrogens with one attached hydrogen (secondary N) is 1. The van der Waals surface area contributed by atoms with Gasteiger partial charge in [0.1, 0.15) is 11.5 Å². The van der Waals surface area contributed by atoms with Crippen LogP contribution in [-0.2, 0) is 11.3 Å². The molecule has 1 aromatic heterocycles. The highest BCUT2D eigenvalue weighted by Gasteiger charge is 2.14. The Morgan fingerprint density at radius 1 is 1.38 bits per heavy atom. The van der Waals surface area contributed by atoms with Crippen LogP contribution < -0.4 is 5.32 Å². The zero-order chi connectivity index (χ0) is 15.4. The van der Waals surface area contributed by atoms with Crippen molar-refractivity contribution in [2.75, 3.05) is 20.3 Å². The van der Waals surface area contributed by atoms with Crippen LogP contribution in [0.25, 0.3) is 5.69 Å². The van der Waals surface area contributed by atoms with Gasteiger partial charge in [0.15, 0.2) is 0 Å². The van der Waals surface area contributed by atoms with Gasteiger partial charge in [-0.1, -0.05) is 17.7 Å². The van der Waals surface area contributed by atoms with E-state index in [-0.39, 0.29) is 5.82 Å². The van der Waals surface area contributed by atoms with Crippen molar-refractivity contribution in [3.63, 3.8) is 0 Å². The number of benzene rings is 1. The second-order valence-corrected chi connectivity index (χ2v) is 5.23. The van der Waals surface area contributed by atoms with Gasteiger partial charge in [-0.2, -0.15) is 5.10 Å². The van der Waals surface area contributed by atoms with Crippen LogP contribution >= 0.6 is 11.6 Å². The lowest BCUT2D eigenvalue weighted by Gasteiger charge is -2.09. The zero-order valence-electron chi connectivity index (χ0n) is 12.4. The van der Waals surface area contributed by atoms with Crippen LogP contribution in [0.5, 0.6) is 0 Å². The van der Waals surface area contributed by atoms with E-state index in [1.807, 2.05) is 13.0 Å². The quantitative estimate of drug-likeness (QED) is 0.834. The average Bonchev–Trinajstić information content (AvgIpc) is 2.71. The smallest absolute Gasteiger partial charge is 0.149 e. The van der Waals surface area contributed by atoms with Crippen molar-refractivity contribution in [3.8, 4) is 5.69 Å². The minimum absolute atomic E-state index is 0.316. The lowest BCUT2D eigenvalue weighted by atomic mass is 10.2. The SMILES string of the molecule is COCCNCc1ccc(-n2nc(C)c(Cl)c2C)c(F)c1. The molecule has 0 aliphatic carbocycles. The van der Waals surface area contributed by atoms with E-state index in [0.29, 0.717) is 29.6 Å². The molecule has 1 N–H and O–H groups in total. The van der Waals surface area contributed by atoms with Crippen molar-refractivity contribution >= 4 is 11.6 Å². The fraction of sp³-hybridized carbons (Fsp3) is 0.400. The fourth-order valence-corrected chi connectivity index (χ4v) is 2.22. The number of rotatable bonds is 6. The normalized spacial score (nSPS) is 11.1. The third kappa shape index (κ3) is 3.61. The van der Waals surface area contributed by atoms with Crippen LogP contribution in [0.1, 0.15) is 17.0 Å². The van der Waals surface area contributed by atoms with Gasteiger partial charge in [-0.05, 0) is 31.5 Å². The Hall–Kier alpha value is -1.43. The Morgan fingerprint density at radius 2 is 2.14 bits per heavy atom. The third-order valence-electron chi connectivity index (χ3n) is 3.26. The van der Waals surface area contributed by atoms with Crippen molar-refractivity contribution in [3.05, 3.63) is 46.0 Å². The molecule has 0 radical (unpaired) electrons. The Labute approximate surface area is 128 Å². The molecule has 1 aromatic carbocycles. The first-order chi connectivity index (χ1) is 10.0. The molecule has 0 aliphatic heterocycles. The fourth-order valence-electron chi connectivity index (χ4n) is 2.10. The molecule has 0 bridgehead atoms. The molecule has 0 atom stereocenters. The number of halogens is 2. The molecule has 0 aliphatic rings. The molecule has 1 heterocycles. The van der Waals surface area contributed by atoms with E-state index in [4.69, 9.17) is 16.3 Å². The van der Waals surface area contributed by atoms with E-state index in [9.17, 15) is 4.39 Å². The molecule has 0 saturated heterocycles. The van der Waals surface area contributed by atoms with Crippen molar-refractivity contribution < 1.29 is 9.13 Å². The first kappa shape index (κ1) is 15.9. The topological polar surface area (TPSA) is 39.1 Å². The third-order valence-corrected chi connectivity index (χ3v) is 3.80. The van der Waals surface area contributed by atoms with Crippen LogP contribution in [0, 0.1) is 19.7 Å². The number of hydrogen-bond donors (Lipinski definition) is 1. The minimum atomic E-state index is -0.316. The van der Waals surface area contributed by atoms with Gasteiger partial charge in [-0.3, -0.25) is 0 Å². The summed E-state index contributed by atoms with van der Waals surface area (Å²) >= 11 is 6.10. The van der Waals surface area contributed by atoms with E-state index in [1.54, 1.807) is 20.1 Å². The summed E-state index contributed by atoms with van der Waals surface area (Å²) in [6, 6.07) is 5.11. The molecular formula is C15H19ClFN3O. The van der Waals surface area contributed by atoms with Crippen molar-refractivity contribution in [1.82, 2.24) is 15.1 Å². The number of aromatic nitrogens is 2. The van der Waals surface area contributed by atoms with E-state index >= 15 is 0 Å². The van der Waals surface area contributed by atoms with Gasteiger partial charge in [-0.15, -0.1) is 0 Å². The second kappa shape index (κ2) is 7.02. The molecule has 2 rings (SSSR count). The highest BCUT2D eigenvalue weighted by atomic mass is 35.5. The number of methoxy groups -OCH3 is 1. The molecule has 4 nitrogen and oxygen atoms in total. The average molecular weight is 312 g/mol. The van der Waals surface area contributed by atoms with Gasteiger partial charge < -0.3 is 10.1 Å². The van der Waals surface area contributed by atoms with Crippen LogP contribution in [-0.4, -0.2) is 30.0 Å². The molecule has 0 amide bonds. The van der Waals surface area contributed by atoms with E-state index in [0.717, 1.165) is 17.8 Å². The maximum Gasteiger partial charge on any atom is 0.149 e. The Balaban J connectivity index is 2.17. The van der Waals surface area contributed by atoms with Crippen LogP contribution in [0.2, 0.25) is 5.02 Å². The van der Waals surface area contributed by atoms with Crippen molar-refractivity contribution in [2.45, 2.75) is 20.4 Å². The van der Waals surface area contributed by atoms with Crippen LogP contribution in [0.15, 0.2) is 18.2 Å². The monoisotopic (exact) mass is 311 g/mol. The van der Waals surface area contributed by atoms with Gasteiger partial charge in [0.2, 0.25) is 0 Å². The van der Waals surface area contributed by atoms with Gasteiger partial charge in [0, 0.05) is 20.2 Å². The first-order valence-corrected chi connectivity index (χ1v) is 7.12. The van der Waals surface area contributed by atoms with Crippen LogP contribution in [0.3, 0.4) is 0 Å². The first-order valence-electron chi connectivity index (χ1n) is 6.74. The van der Waals surface area contributed by atoms with Gasteiger partial charge in [0.25, 0.3) is 0 Å².